The van der Waals surface area contributed by atoms with Gasteiger partial charge in [-0.05, 0) is 42.5 Å². The van der Waals surface area contributed by atoms with Crippen molar-refractivity contribution in [3.63, 3.8) is 0 Å². The van der Waals surface area contributed by atoms with E-state index in [2.05, 4.69) is 15.7 Å². The van der Waals surface area contributed by atoms with Crippen LogP contribution in [0.5, 0.6) is 0 Å². The third-order valence-corrected chi connectivity index (χ3v) is 3.07. The van der Waals surface area contributed by atoms with Crippen molar-refractivity contribution >= 4 is 28.7 Å². The second kappa shape index (κ2) is 5.69. The molecular formula is C16H14N4O2. The Morgan fingerprint density at radius 1 is 1.00 bits per heavy atom. The summed E-state index contributed by atoms with van der Waals surface area (Å²) in [5.74, 6) is -0.419. The lowest BCUT2D eigenvalue weighted by molar-refractivity contribution is -0.114. The summed E-state index contributed by atoms with van der Waals surface area (Å²) >= 11 is 0. The quantitative estimate of drug-likeness (QED) is 0.779. The van der Waals surface area contributed by atoms with Gasteiger partial charge in [-0.15, -0.1) is 0 Å². The largest absolute Gasteiger partial charge is 0.326 e. The Balaban J connectivity index is 1.74. The van der Waals surface area contributed by atoms with E-state index in [9.17, 15) is 9.59 Å². The third kappa shape index (κ3) is 2.95. The number of pyridine rings is 1. The van der Waals surface area contributed by atoms with Crippen LogP contribution in [0.25, 0.3) is 5.52 Å². The summed E-state index contributed by atoms with van der Waals surface area (Å²) in [6, 6.07) is 14.2. The summed E-state index contributed by atoms with van der Waals surface area (Å²) in [5, 5.41) is 9.65. The predicted octanol–water partition coefficient (Wildman–Crippen LogP) is 2.55. The molecule has 2 amide bonds. The summed E-state index contributed by atoms with van der Waals surface area (Å²) in [6.45, 7) is 1.44. The van der Waals surface area contributed by atoms with E-state index in [-0.39, 0.29) is 11.8 Å². The fourth-order valence-electron chi connectivity index (χ4n) is 2.08. The van der Waals surface area contributed by atoms with Crippen molar-refractivity contribution in [1.82, 2.24) is 9.61 Å². The molecule has 6 heteroatoms. The van der Waals surface area contributed by atoms with Gasteiger partial charge in [0.2, 0.25) is 5.91 Å². The van der Waals surface area contributed by atoms with Crippen molar-refractivity contribution in [2.45, 2.75) is 6.92 Å². The molecule has 2 N–H and O–H groups in total. The molecule has 0 atom stereocenters. The lowest BCUT2D eigenvalue weighted by Crippen LogP contribution is -2.12. The molecule has 0 spiro atoms. The Hall–Kier alpha value is -3.15. The number of benzene rings is 1. The number of hydrogen-bond donors (Lipinski definition) is 2. The van der Waals surface area contributed by atoms with Crippen LogP contribution in [0.1, 0.15) is 17.4 Å². The van der Waals surface area contributed by atoms with Crippen molar-refractivity contribution in [2.75, 3.05) is 10.6 Å². The number of carbonyl (C=O) groups is 2. The molecule has 0 bridgehead atoms. The van der Waals surface area contributed by atoms with Crippen molar-refractivity contribution in [1.29, 1.82) is 0 Å². The van der Waals surface area contributed by atoms with Crippen LogP contribution >= 0.6 is 0 Å². The van der Waals surface area contributed by atoms with Gasteiger partial charge in [-0.3, -0.25) is 9.59 Å². The number of anilines is 2. The number of amides is 2. The maximum atomic E-state index is 12.2. The molecule has 110 valence electrons. The molecule has 1 aromatic carbocycles. The minimum atomic E-state index is -0.282. The molecule has 0 radical (unpaired) electrons. The van der Waals surface area contributed by atoms with Gasteiger partial charge in [-0.25, -0.2) is 4.52 Å². The first-order valence-electron chi connectivity index (χ1n) is 6.75. The summed E-state index contributed by atoms with van der Waals surface area (Å²) in [7, 11) is 0. The number of aromatic nitrogens is 2. The molecule has 2 heterocycles. The van der Waals surface area contributed by atoms with E-state index in [1.54, 1.807) is 41.0 Å². The van der Waals surface area contributed by atoms with E-state index >= 15 is 0 Å². The monoisotopic (exact) mass is 294 g/mol. The summed E-state index contributed by atoms with van der Waals surface area (Å²) in [5.41, 5.74) is 2.51. The zero-order valence-electron chi connectivity index (χ0n) is 11.9. The number of nitrogens with zero attached hydrogens (tertiary/aromatic N) is 2. The fraction of sp³-hybridized carbons (Fsp3) is 0.0625. The van der Waals surface area contributed by atoms with Gasteiger partial charge < -0.3 is 10.6 Å². The maximum absolute atomic E-state index is 12.2. The molecule has 0 aliphatic carbocycles. The van der Waals surface area contributed by atoms with Gasteiger partial charge in [0.1, 0.15) is 0 Å². The van der Waals surface area contributed by atoms with Crippen molar-refractivity contribution in [3.8, 4) is 0 Å². The normalized spacial score (nSPS) is 10.4. The van der Waals surface area contributed by atoms with Gasteiger partial charge in [0.15, 0.2) is 5.69 Å². The van der Waals surface area contributed by atoms with Crippen molar-refractivity contribution in [2.24, 2.45) is 0 Å². The lowest BCUT2D eigenvalue weighted by atomic mass is 10.2. The SMILES string of the molecule is CC(=O)Nc1ccc(NC(=O)c2cc3ccccn3n2)cc1. The topological polar surface area (TPSA) is 75.5 Å². The lowest BCUT2D eigenvalue weighted by Gasteiger charge is -2.05. The summed E-state index contributed by atoms with van der Waals surface area (Å²) < 4.78 is 1.65. The van der Waals surface area contributed by atoms with Gasteiger partial charge in [-0.1, -0.05) is 6.07 Å². The highest BCUT2D eigenvalue weighted by molar-refractivity contribution is 6.03. The molecule has 3 aromatic rings. The number of carbonyl (C=O) groups excluding carboxylic acids is 2. The van der Waals surface area contributed by atoms with Crippen LogP contribution in [-0.4, -0.2) is 21.4 Å². The Kier molecular flexibility index (Phi) is 3.57. The second-order valence-corrected chi connectivity index (χ2v) is 4.81. The van der Waals surface area contributed by atoms with E-state index in [0.717, 1.165) is 5.52 Å². The molecule has 0 fully saturated rings. The van der Waals surface area contributed by atoms with E-state index in [4.69, 9.17) is 0 Å². The number of hydrogen-bond acceptors (Lipinski definition) is 3. The molecule has 2 aromatic heterocycles. The van der Waals surface area contributed by atoms with Crippen molar-refractivity contribution < 1.29 is 9.59 Å². The predicted molar refractivity (Wildman–Crippen MR) is 83.9 cm³/mol. The van der Waals surface area contributed by atoms with Crippen molar-refractivity contribution in [3.05, 3.63) is 60.4 Å². The second-order valence-electron chi connectivity index (χ2n) is 4.81. The molecule has 0 aliphatic rings. The van der Waals surface area contributed by atoms with Crippen LogP contribution in [0.2, 0.25) is 0 Å². The van der Waals surface area contributed by atoms with Gasteiger partial charge in [0.05, 0.1) is 5.52 Å². The summed E-state index contributed by atoms with van der Waals surface area (Å²) in [6.07, 6.45) is 1.79. The van der Waals surface area contributed by atoms with Crippen LogP contribution in [0.15, 0.2) is 54.7 Å². The van der Waals surface area contributed by atoms with Gasteiger partial charge in [0.25, 0.3) is 5.91 Å². The van der Waals surface area contributed by atoms with Crippen LogP contribution in [0, 0.1) is 0 Å². The van der Waals surface area contributed by atoms with Crippen LogP contribution in [0.3, 0.4) is 0 Å². The van der Waals surface area contributed by atoms with Crippen LogP contribution < -0.4 is 10.6 Å². The first kappa shape index (κ1) is 13.8. The molecule has 3 rings (SSSR count). The van der Waals surface area contributed by atoms with E-state index < -0.39 is 0 Å². The average Bonchev–Trinajstić information content (AvgIpc) is 2.93. The Morgan fingerprint density at radius 2 is 1.68 bits per heavy atom. The maximum Gasteiger partial charge on any atom is 0.276 e. The Labute approximate surface area is 126 Å². The molecular weight excluding hydrogens is 280 g/mol. The minimum absolute atomic E-state index is 0.138. The minimum Gasteiger partial charge on any atom is -0.326 e. The highest BCUT2D eigenvalue weighted by Crippen LogP contribution is 2.15. The molecule has 0 unspecified atom stereocenters. The molecule has 22 heavy (non-hydrogen) atoms. The van der Waals surface area contributed by atoms with E-state index in [1.807, 2.05) is 18.2 Å². The molecule has 0 saturated heterocycles. The van der Waals surface area contributed by atoms with Crippen LogP contribution in [-0.2, 0) is 4.79 Å². The molecule has 0 aliphatic heterocycles. The van der Waals surface area contributed by atoms with E-state index in [1.165, 1.54) is 6.92 Å². The zero-order valence-corrected chi connectivity index (χ0v) is 11.9. The first-order chi connectivity index (χ1) is 10.6. The average molecular weight is 294 g/mol. The number of rotatable bonds is 3. The fourth-order valence-corrected chi connectivity index (χ4v) is 2.08. The smallest absolute Gasteiger partial charge is 0.276 e. The molecule has 6 nitrogen and oxygen atoms in total. The third-order valence-electron chi connectivity index (χ3n) is 3.07. The zero-order chi connectivity index (χ0) is 15.5. The van der Waals surface area contributed by atoms with E-state index in [0.29, 0.717) is 17.1 Å². The number of nitrogens with one attached hydrogen (secondary N) is 2. The Morgan fingerprint density at radius 3 is 2.32 bits per heavy atom. The van der Waals surface area contributed by atoms with Gasteiger partial charge >= 0.3 is 0 Å². The standard InChI is InChI=1S/C16H14N4O2/c1-11(21)17-12-5-7-13(8-6-12)18-16(22)15-10-14-4-2-3-9-20(14)19-15/h2-10H,1H3,(H,17,21)(H,18,22). The van der Waals surface area contributed by atoms with Gasteiger partial charge in [-0.2, -0.15) is 5.10 Å². The number of fused-ring (bicyclic) bond motifs is 1. The van der Waals surface area contributed by atoms with Gasteiger partial charge in [0, 0.05) is 24.5 Å². The Bertz CT molecular complexity index is 804. The molecule has 0 saturated carbocycles. The summed E-state index contributed by atoms with van der Waals surface area (Å²) in [4.78, 5) is 23.1. The highest BCUT2D eigenvalue weighted by Gasteiger charge is 2.10. The van der Waals surface area contributed by atoms with Crippen LogP contribution in [0.4, 0.5) is 11.4 Å². The first-order valence-corrected chi connectivity index (χ1v) is 6.75. The highest BCUT2D eigenvalue weighted by atomic mass is 16.2.